The zero-order chi connectivity index (χ0) is 15.4. The summed E-state index contributed by atoms with van der Waals surface area (Å²) in [5.41, 5.74) is 0. The van der Waals surface area contributed by atoms with E-state index in [0.29, 0.717) is 17.9 Å². The van der Waals surface area contributed by atoms with Crippen molar-refractivity contribution in [2.24, 2.45) is 5.92 Å². The van der Waals surface area contributed by atoms with E-state index in [9.17, 15) is 4.79 Å². The summed E-state index contributed by atoms with van der Waals surface area (Å²) in [4.78, 5) is 15.2. The van der Waals surface area contributed by atoms with Gasteiger partial charge in [0.05, 0.1) is 12.2 Å². The van der Waals surface area contributed by atoms with Gasteiger partial charge in [-0.3, -0.25) is 10.1 Å². The highest BCUT2D eigenvalue weighted by molar-refractivity contribution is 7.99. The molecule has 5 atom stereocenters. The predicted octanol–water partition coefficient (Wildman–Crippen LogP) is 3.63. The van der Waals surface area contributed by atoms with E-state index in [1.165, 1.54) is 25.7 Å². The third-order valence-corrected chi connectivity index (χ3v) is 6.42. The molecule has 1 aliphatic carbocycles. The lowest BCUT2D eigenvalue weighted by Gasteiger charge is -2.38. The molecule has 0 radical (unpaired) electrons. The van der Waals surface area contributed by atoms with Gasteiger partial charge in [-0.25, -0.2) is 0 Å². The molecular weight excluding hydrogens is 280 g/mol. The number of thioether (sulfide) groups is 1. The number of amides is 1. The lowest BCUT2D eigenvalue weighted by atomic mass is 9.92. The summed E-state index contributed by atoms with van der Waals surface area (Å²) in [6, 6.07) is 0.503. The van der Waals surface area contributed by atoms with Crippen LogP contribution in [0.1, 0.15) is 65.7 Å². The minimum atomic E-state index is 0.0428. The number of carbonyl (C=O) groups is 1. The third-order valence-electron chi connectivity index (χ3n) is 5.33. The Hall–Kier alpha value is -0.220. The predicted molar refractivity (Wildman–Crippen MR) is 91.5 cm³/mol. The average Bonchev–Trinajstić information content (AvgIpc) is 2.83. The van der Waals surface area contributed by atoms with Gasteiger partial charge in [0.25, 0.3) is 0 Å². The molecule has 1 heterocycles. The molecule has 1 aliphatic heterocycles. The Bertz CT molecular complexity index is 350. The molecule has 1 saturated heterocycles. The maximum Gasteiger partial charge on any atom is 0.241 e. The van der Waals surface area contributed by atoms with Crippen molar-refractivity contribution in [1.29, 1.82) is 0 Å². The number of rotatable bonds is 6. The van der Waals surface area contributed by atoms with Crippen LogP contribution in [0.15, 0.2) is 0 Å². The molecule has 0 bridgehead atoms. The van der Waals surface area contributed by atoms with Crippen molar-refractivity contribution in [3.8, 4) is 0 Å². The minimum Gasteiger partial charge on any atom is -0.323 e. The first-order chi connectivity index (χ1) is 10.1. The maximum absolute atomic E-state index is 12.9. The Labute approximate surface area is 134 Å². The first-order valence-corrected chi connectivity index (χ1v) is 10.0. The van der Waals surface area contributed by atoms with E-state index in [2.05, 4.69) is 37.2 Å². The highest BCUT2D eigenvalue weighted by Crippen LogP contribution is 2.34. The van der Waals surface area contributed by atoms with Gasteiger partial charge in [0, 0.05) is 11.3 Å². The quantitative estimate of drug-likeness (QED) is 0.813. The van der Waals surface area contributed by atoms with E-state index in [0.717, 1.165) is 24.5 Å². The maximum atomic E-state index is 12.9. The van der Waals surface area contributed by atoms with E-state index in [1.54, 1.807) is 0 Å². The zero-order valence-electron chi connectivity index (χ0n) is 14.1. The molecule has 0 aromatic carbocycles. The summed E-state index contributed by atoms with van der Waals surface area (Å²) < 4.78 is 0. The Balaban J connectivity index is 2.11. The summed E-state index contributed by atoms with van der Waals surface area (Å²) in [5, 5.41) is 4.38. The second kappa shape index (κ2) is 7.87. The molecule has 1 amide bonds. The van der Waals surface area contributed by atoms with E-state index < -0.39 is 0 Å². The van der Waals surface area contributed by atoms with Crippen molar-refractivity contribution < 1.29 is 4.79 Å². The molecule has 5 unspecified atom stereocenters. The van der Waals surface area contributed by atoms with Gasteiger partial charge in [0.1, 0.15) is 0 Å². The van der Waals surface area contributed by atoms with Crippen molar-refractivity contribution in [2.75, 3.05) is 6.26 Å². The van der Waals surface area contributed by atoms with Gasteiger partial charge in [-0.2, -0.15) is 11.8 Å². The number of hydrogen-bond acceptors (Lipinski definition) is 3. The van der Waals surface area contributed by atoms with Gasteiger partial charge in [0.2, 0.25) is 5.91 Å². The van der Waals surface area contributed by atoms with Crippen molar-refractivity contribution in [3.63, 3.8) is 0 Å². The molecule has 3 nitrogen and oxygen atoms in total. The Kier molecular flexibility index (Phi) is 6.42. The van der Waals surface area contributed by atoms with Crippen LogP contribution < -0.4 is 5.32 Å². The second-order valence-corrected chi connectivity index (χ2v) is 7.90. The summed E-state index contributed by atoms with van der Waals surface area (Å²) in [5.74, 6) is 0.802. The standard InChI is InChI=1S/C17H32N2OS/c1-5-8-15-18-16(12(3)6-2)17(20)19(15)13-9-7-10-14(11-13)21-4/h12-16,18H,5-11H2,1-4H3. The molecule has 4 heteroatoms. The van der Waals surface area contributed by atoms with E-state index in [-0.39, 0.29) is 12.2 Å². The molecule has 2 rings (SSSR count). The lowest BCUT2D eigenvalue weighted by Crippen LogP contribution is -2.47. The van der Waals surface area contributed by atoms with Crippen molar-refractivity contribution in [2.45, 2.75) is 89.2 Å². The van der Waals surface area contributed by atoms with Crippen LogP contribution in [0.5, 0.6) is 0 Å². The molecule has 1 N–H and O–H groups in total. The van der Waals surface area contributed by atoms with Crippen LogP contribution in [0.2, 0.25) is 0 Å². The summed E-state index contributed by atoms with van der Waals surface area (Å²) in [7, 11) is 0. The highest BCUT2D eigenvalue weighted by Gasteiger charge is 2.44. The van der Waals surface area contributed by atoms with Crippen LogP contribution in [0.4, 0.5) is 0 Å². The normalized spacial score (nSPS) is 35.2. The Morgan fingerprint density at radius 2 is 2.14 bits per heavy atom. The highest BCUT2D eigenvalue weighted by atomic mass is 32.2. The molecule has 0 spiro atoms. The third kappa shape index (κ3) is 3.76. The van der Waals surface area contributed by atoms with Crippen molar-refractivity contribution in [3.05, 3.63) is 0 Å². The summed E-state index contributed by atoms with van der Waals surface area (Å²) >= 11 is 1.98. The fourth-order valence-corrected chi connectivity index (χ4v) is 4.65. The van der Waals surface area contributed by atoms with Crippen molar-refractivity contribution >= 4 is 17.7 Å². The van der Waals surface area contributed by atoms with Gasteiger partial charge < -0.3 is 4.90 Å². The van der Waals surface area contributed by atoms with Crippen LogP contribution in [-0.2, 0) is 4.79 Å². The number of carbonyl (C=O) groups excluding carboxylic acids is 1. The van der Waals surface area contributed by atoms with Gasteiger partial charge in [-0.05, 0) is 37.9 Å². The average molecular weight is 313 g/mol. The van der Waals surface area contributed by atoms with Gasteiger partial charge in [-0.15, -0.1) is 0 Å². The fourth-order valence-electron chi connectivity index (χ4n) is 3.83. The number of hydrogen-bond donors (Lipinski definition) is 1. The van der Waals surface area contributed by atoms with Crippen LogP contribution >= 0.6 is 11.8 Å². The SMILES string of the molecule is CCCC1NC(C(C)CC)C(=O)N1C1CCCC(SC)C1. The second-order valence-electron chi connectivity index (χ2n) is 6.76. The number of nitrogens with one attached hydrogen (secondary N) is 1. The lowest BCUT2D eigenvalue weighted by molar-refractivity contribution is -0.133. The monoisotopic (exact) mass is 312 g/mol. The van der Waals surface area contributed by atoms with Gasteiger partial charge in [-0.1, -0.05) is 40.0 Å². The molecule has 0 aromatic rings. The van der Waals surface area contributed by atoms with Crippen LogP contribution in [0.3, 0.4) is 0 Å². The summed E-state index contributed by atoms with van der Waals surface area (Å²) in [6.45, 7) is 6.60. The van der Waals surface area contributed by atoms with Gasteiger partial charge >= 0.3 is 0 Å². The van der Waals surface area contributed by atoms with E-state index in [1.807, 2.05) is 11.8 Å². The Morgan fingerprint density at radius 1 is 1.38 bits per heavy atom. The minimum absolute atomic E-state index is 0.0428. The fraction of sp³-hybridized carbons (Fsp3) is 0.941. The number of nitrogens with zero attached hydrogens (tertiary/aromatic N) is 1. The van der Waals surface area contributed by atoms with Crippen molar-refractivity contribution in [1.82, 2.24) is 10.2 Å². The van der Waals surface area contributed by atoms with E-state index in [4.69, 9.17) is 0 Å². The first kappa shape index (κ1) is 17.1. The largest absolute Gasteiger partial charge is 0.323 e. The van der Waals surface area contributed by atoms with Crippen LogP contribution in [0, 0.1) is 5.92 Å². The van der Waals surface area contributed by atoms with E-state index >= 15 is 0 Å². The molecule has 122 valence electrons. The van der Waals surface area contributed by atoms with Gasteiger partial charge in [0.15, 0.2) is 0 Å². The molecule has 0 aromatic heterocycles. The topological polar surface area (TPSA) is 32.3 Å². The molecule has 21 heavy (non-hydrogen) atoms. The zero-order valence-corrected chi connectivity index (χ0v) is 14.9. The first-order valence-electron chi connectivity index (χ1n) is 8.73. The van der Waals surface area contributed by atoms with Crippen LogP contribution in [0.25, 0.3) is 0 Å². The molecular formula is C17H32N2OS. The summed E-state index contributed by atoms with van der Waals surface area (Å²) in [6.07, 6.45) is 10.7. The smallest absolute Gasteiger partial charge is 0.241 e. The Morgan fingerprint density at radius 3 is 2.76 bits per heavy atom. The molecule has 2 fully saturated rings. The van der Waals surface area contributed by atoms with Crippen LogP contribution in [-0.4, -0.2) is 40.6 Å². The molecule has 2 aliphatic rings. The molecule has 1 saturated carbocycles.